The zero-order valence-electron chi connectivity index (χ0n) is 26.3. The molecule has 12 rings (SSSR count). The van der Waals surface area contributed by atoms with Gasteiger partial charge in [-0.05, 0) is 71.4 Å². The average molecular weight is 623 g/mol. The summed E-state index contributed by atoms with van der Waals surface area (Å²) in [5.41, 5.74) is 10.8. The summed E-state index contributed by atoms with van der Waals surface area (Å²) in [6.45, 7) is 0. The monoisotopic (exact) mass is 622 g/mol. The standard InChI is InChI=1S/C45H26N4/c1-2-11-28(12-3-1)47-39-21-19-29(24-34(39)32-22-23-46-26-41(32)47)48-40-20-18-27-10-4-5-13-30(27)42(40)36-25-35-31-14-6-8-16-37(31)49-38-17-9-7-15-33(38)43(44(35)49)45(36)48/h1-26H. The maximum atomic E-state index is 4.55. The van der Waals surface area contributed by atoms with Crippen molar-refractivity contribution in [2.75, 3.05) is 0 Å². The molecule has 0 unspecified atom stereocenters. The topological polar surface area (TPSA) is 27.2 Å². The molecule has 0 N–H and O–H groups in total. The number of hydrogen-bond donors (Lipinski definition) is 0. The summed E-state index contributed by atoms with van der Waals surface area (Å²) in [5, 5.41) is 12.7. The molecular weight excluding hydrogens is 597 g/mol. The third-order valence-electron chi connectivity index (χ3n) is 10.8. The van der Waals surface area contributed by atoms with Gasteiger partial charge in [-0.25, -0.2) is 0 Å². The van der Waals surface area contributed by atoms with Crippen molar-refractivity contribution in [1.82, 2.24) is 18.5 Å². The SMILES string of the molecule is c1ccc(-n2c3ccc(-n4c5ccc6ccccc6c5c5cc6c7ccccc7n7c8ccccc8c(c54)c67)cc3c3ccncc32)cc1. The third-order valence-corrected chi connectivity index (χ3v) is 10.8. The molecule has 4 nitrogen and oxygen atoms in total. The van der Waals surface area contributed by atoms with Gasteiger partial charge in [0.1, 0.15) is 0 Å². The minimum absolute atomic E-state index is 1.10. The van der Waals surface area contributed by atoms with E-state index < -0.39 is 0 Å². The van der Waals surface area contributed by atoms with E-state index >= 15 is 0 Å². The maximum absolute atomic E-state index is 4.55. The lowest BCUT2D eigenvalue weighted by Gasteiger charge is -2.11. The Kier molecular flexibility index (Phi) is 4.69. The van der Waals surface area contributed by atoms with E-state index in [2.05, 4.69) is 164 Å². The molecule has 0 saturated heterocycles. The number of hydrogen-bond acceptors (Lipinski definition) is 1. The Morgan fingerprint density at radius 1 is 0.367 bits per heavy atom. The molecule has 0 amide bonds. The van der Waals surface area contributed by atoms with Crippen LogP contribution in [0.5, 0.6) is 0 Å². The van der Waals surface area contributed by atoms with Crippen LogP contribution in [-0.4, -0.2) is 18.5 Å². The highest BCUT2D eigenvalue weighted by atomic mass is 15.0. The Hall–Kier alpha value is -6.65. The molecule has 7 aromatic carbocycles. The zero-order valence-corrected chi connectivity index (χ0v) is 26.3. The van der Waals surface area contributed by atoms with Gasteiger partial charge in [-0.1, -0.05) is 84.9 Å². The molecule has 5 heterocycles. The number of aromatic nitrogens is 4. The first kappa shape index (κ1) is 25.4. The Morgan fingerprint density at radius 2 is 1.08 bits per heavy atom. The van der Waals surface area contributed by atoms with Gasteiger partial charge in [0.15, 0.2) is 0 Å². The van der Waals surface area contributed by atoms with E-state index in [0.29, 0.717) is 0 Å². The van der Waals surface area contributed by atoms with Crippen molar-refractivity contribution in [2.24, 2.45) is 0 Å². The fraction of sp³-hybridized carbons (Fsp3) is 0. The van der Waals surface area contributed by atoms with Crippen molar-refractivity contribution in [1.29, 1.82) is 0 Å². The second kappa shape index (κ2) is 9.03. The predicted molar refractivity (Wildman–Crippen MR) is 205 cm³/mol. The van der Waals surface area contributed by atoms with Gasteiger partial charge in [0.2, 0.25) is 0 Å². The van der Waals surface area contributed by atoms with Gasteiger partial charge < -0.3 is 13.5 Å². The summed E-state index contributed by atoms with van der Waals surface area (Å²) in [6, 6.07) is 53.4. The summed E-state index contributed by atoms with van der Waals surface area (Å²) >= 11 is 0. The van der Waals surface area contributed by atoms with Crippen molar-refractivity contribution in [3.8, 4) is 11.4 Å². The molecule has 0 aliphatic rings. The van der Waals surface area contributed by atoms with Crippen molar-refractivity contribution in [3.05, 3.63) is 158 Å². The van der Waals surface area contributed by atoms with Gasteiger partial charge >= 0.3 is 0 Å². The number of fused-ring (bicyclic) bond motifs is 15. The molecule has 5 aromatic heterocycles. The molecule has 0 bridgehead atoms. The third kappa shape index (κ3) is 3.12. The van der Waals surface area contributed by atoms with Gasteiger partial charge in [0, 0.05) is 60.7 Å². The fourth-order valence-electron chi connectivity index (χ4n) is 8.89. The summed E-state index contributed by atoms with van der Waals surface area (Å²) in [5.74, 6) is 0. The molecule has 0 aliphatic heterocycles. The molecular formula is C45H26N4. The smallest absolute Gasteiger partial charge is 0.0724 e. The molecule has 0 aliphatic carbocycles. The van der Waals surface area contributed by atoms with Crippen LogP contribution in [0.4, 0.5) is 0 Å². The summed E-state index contributed by atoms with van der Waals surface area (Å²) < 4.78 is 7.35. The van der Waals surface area contributed by atoms with Crippen molar-refractivity contribution in [2.45, 2.75) is 0 Å². The van der Waals surface area contributed by atoms with E-state index in [0.717, 1.165) is 16.9 Å². The van der Waals surface area contributed by atoms with Gasteiger partial charge in [0.25, 0.3) is 0 Å². The molecule has 0 atom stereocenters. The normalized spacial score (nSPS) is 12.5. The van der Waals surface area contributed by atoms with Crippen LogP contribution >= 0.6 is 0 Å². The lowest BCUT2D eigenvalue weighted by Crippen LogP contribution is -1.96. The van der Waals surface area contributed by atoms with Crippen LogP contribution in [0.15, 0.2) is 158 Å². The quantitative estimate of drug-likeness (QED) is 0.188. The van der Waals surface area contributed by atoms with Gasteiger partial charge in [-0.3, -0.25) is 4.98 Å². The molecule has 0 radical (unpaired) electrons. The lowest BCUT2D eigenvalue weighted by atomic mass is 10.0. The zero-order chi connectivity index (χ0) is 31.8. The van der Waals surface area contributed by atoms with E-state index in [-0.39, 0.29) is 0 Å². The van der Waals surface area contributed by atoms with Crippen LogP contribution in [0.3, 0.4) is 0 Å². The maximum Gasteiger partial charge on any atom is 0.0724 e. The van der Waals surface area contributed by atoms with E-state index in [4.69, 9.17) is 0 Å². The average Bonchev–Trinajstić information content (AvgIpc) is 3.89. The van der Waals surface area contributed by atoms with Crippen LogP contribution < -0.4 is 0 Å². The van der Waals surface area contributed by atoms with E-state index in [1.807, 2.05) is 12.4 Å². The second-order valence-electron chi connectivity index (χ2n) is 13.2. The first-order chi connectivity index (χ1) is 24.3. The minimum Gasteiger partial charge on any atom is -0.308 e. The first-order valence-corrected chi connectivity index (χ1v) is 16.8. The van der Waals surface area contributed by atoms with Gasteiger partial charge in [-0.15, -0.1) is 0 Å². The number of para-hydroxylation sites is 3. The minimum atomic E-state index is 1.10. The van der Waals surface area contributed by atoms with Crippen LogP contribution in [0.25, 0.3) is 104 Å². The van der Waals surface area contributed by atoms with Crippen LogP contribution in [0, 0.1) is 0 Å². The van der Waals surface area contributed by atoms with Gasteiger partial charge in [-0.2, -0.15) is 0 Å². The highest BCUT2D eigenvalue weighted by Crippen LogP contribution is 2.48. The number of rotatable bonds is 2. The van der Waals surface area contributed by atoms with Crippen molar-refractivity contribution < 1.29 is 0 Å². The highest BCUT2D eigenvalue weighted by molar-refractivity contribution is 6.36. The summed E-state index contributed by atoms with van der Waals surface area (Å²) in [6.07, 6.45) is 3.89. The molecule has 49 heavy (non-hydrogen) atoms. The number of nitrogens with zero attached hydrogens (tertiary/aromatic N) is 4. The predicted octanol–water partition coefficient (Wildman–Crippen LogP) is 11.6. The molecule has 0 saturated carbocycles. The second-order valence-corrected chi connectivity index (χ2v) is 13.2. The number of benzene rings is 7. The van der Waals surface area contributed by atoms with E-state index in [1.165, 1.54) is 87.0 Å². The molecule has 4 heteroatoms. The van der Waals surface area contributed by atoms with Crippen LogP contribution in [-0.2, 0) is 0 Å². The Balaban J connectivity index is 1.32. The molecule has 12 aromatic rings. The Labute approximate surface area is 279 Å². The highest BCUT2D eigenvalue weighted by Gasteiger charge is 2.25. The van der Waals surface area contributed by atoms with Gasteiger partial charge in [0.05, 0.1) is 44.8 Å². The summed E-state index contributed by atoms with van der Waals surface area (Å²) in [4.78, 5) is 4.55. The van der Waals surface area contributed by atoms with E-state index in [9.17, 15) is 0 Å². The molecule has 226 valence electrons. The molecule has 0 fully saturated rings. The molecule has 0 spiro atoms. The lowest BCUT2D eigenvalue weighted by molar-refractivity contribution is 1.16. The summed E-state index contributed by atoms with van der Waals surface area (Å²) in [7, 11) is 0. The fourth-order valence-corrected chi connectivity index (χ4v) is 8.89. The Bertz CT molecular complexity index is 3320. The van der Waals surface area contributed by atoms with Crippen LogP contribution in [0.2, 0.25) is 0 Å². The largest absolute Gasteiger partial charge is 0.308 e. The van der Waals surface area contributed by atoms with Crippen molar-refractivity contribution in [3.63, 3.8) is 0 Å². The van der Waals surface area contributed by atoms with E-state index in [1.54, 1.807) is 0 Å². The number of pyridine rings is 1. The van der Waals surface area contributed by atoms with Crippen molar-refractivity contribution >= 4 is 92.5 Å². The van der Waals surface area contributed by atoms with Crippen LogP contribution in [0.1, 0.15) is 0 Å². The Morgan fingerprint density at radius 3 is 1.96 bits per heavy atom. The first-order valence-electron chi connectivity index (χ1n) is 16.8.